The van der Waals surface area contributed by atoms with E-state index in [1.165, 1.54) is 17.7 Å². The Morgan fingerprint density at radius 1 is 1.00 bits per heavy atom. The van der Waals surface area contributed by atoms with Gasteiger partial charge >= 0.3 is 0 Å². The molecule has 2 rings (SSSR count). The van der Waals surface area contributed by atoms with Crippen LogP contribution in [0.5, 0.6) is 0 Å². The topological polar surface area (TPSA) is 32.3 Å². The minimum Gasteiger partial charge on any atom is -0.395 e. The molecule has 1 atom stereocenters. The summed E-state index contributed by atoms with van der Waals surface area (Å²) in [5, 5.41) is 12.6. The van der Waals surface area contributed by atoms with E-state index in [9.17, 15) is 9.50 Å². The molecule has 0 aliphatic heterocycles. The molecule has 0 aliphatic carbocycles. The molecular weight excluding hydrogens is 241 g/mol. The summed E-state index contributed by atoms with van der Waals surface area (Å²) < 4.78 is 13.0. The van der Waals surface area contributed by atoms with Crippen LogP contribution in [-0.4, -0.2) is 17.8 Å². The van der Waals surface area contributed by atoms with Gasteiger partial charge in [0, 0.05) is 12.6 Å². The standard InChI is InChI=1S/C16H18FNO/c17-15-8-4-7-14(9-15)11-18-16(12-19)10-13-5-2-1-3-6-13/h1-9,16,18-19H,10-12H2/t16-/m0/s1. The van der Waals surface area contributed by atoms with Gasteiger partial charge in [0.2, 0.25) is 0 Å². The van der Waals surface area contributed by atoms with Crippen molar-refractivity contribution < 1.29 is 9.50 Å². The Morgan fingerprint density at radius 3 is 2.42 bits per heavy atom. The molecule has 19 heavy (non-hydrogen) atoms. The Balaban J connectivity index is 1.89. The van der Waals surface area contributed by atoms with Crippen LogP contribution in [-0.2, 0) is 13.0 Å². The normalized spacial score (nSPS) is 12.3. The molecule has 2 N–H and O–H groups in total. The Bertz CT molecular complexity index is 501. The number of hydrogen-bond donors (Lipinski definition) is 2. The molecule has 0 unspecified atom stereocenters. The number of aliphatic hydroxyl groups is 1. The molecule has 0 aliphatic rings. The van der Waals surface area contributed by atoms with E-state index in [2.05, 4.69) is 5.32 Å². The van der Waals surface area contributed by atoms with Gasteiger partial charge in [-0.1, -0.05) is 42.5 Å². The van der Waals surface area contributed by atoms with Crippen LogP contribution >= 0.6 is 0 Å². The van der Waals surface area contributed by atoms with Crippen LogP contribution in [0.15, 0.2) is 54.6 Å². The molecule has 0 radical (unpaired) electrons. The van der Waals surface area contributed by atoms with E-state index >= 15 is 0 Å². The number of nitrogens with one attached hydrogen (secondary N) is 1. The Hall–Kier alpha value is -1.71. The maximum Gasteiger partial charge on any atom is 0.123 e. The molecule has 2 nitrogen and oxygen atoms in total. The van der Waals surface area contributed by atoms with Gasteiger partial charge in [0.25, 0.3) is 0 Å². The summed E-state index contributed by atoms with van der Waals surface area (Å²) in [4.78, 5) is 0. The summed E-state index contributed by atoms with van der Waals surface area (Å²) in [6.07, 6.45) is 0.757. The zero-order chi connectivity index (χ0) is 13.5. The van der Waals surface area contributed by atoms with Crippen molar-refractivity contribution in [2.75, 3.05) is 6.61 Å². The van der Waals surface area contributed by atoms with Gasteiger partial charge in [-0.2, -0.15) is 0 Å². The molecule has 2 aromatic rings. The van der Waals surface area contributed by atoms with E-state index in [0.29, 0.717) is 6.54 Å². The number of halogens is 1. The largest absolute Gasteiger partial charge is 0.395 e. The lowest BCUT2D eigenvalue weighted by atomic mass is 10.1. The Kier molecular flexibility index (Phi) is 5.07. The quantitative estimate of drug-likeness (QED) is 0.835. The summed E-state index contributed by atoms with van der Waals surface area (Å²) in [5.41, 5.74) is 2.06. The lowest BCUT2D eigenvalue weighted by Gasteiger charge is -2.16. The predicted octanol–water partition coefficient (Wildman–Crippen LogP) is 2.52. The van der Waals surface area contributed by atoms with Crippen LogP contribution < -0.4 is 5.32 Å². The second-order valence-corrected chi connectivity index (χ2v) is 4.58. The first kappa shape index (κ1) is 13.7. The number of benzene rings is 2. The van der Waals surface area contributed by atoms with Gasteiger partial charge in [-0.25, -0.2) is 4.39 Å². The van der Waals surface area contributed by atoms with Crippen molar-refractivity contribution in [1.82, 2.24) is 5.32 Å². The van der Waals surface area contributed by atoms with Crippen molar-refractivity contribution in [3.8, 4) is 0 Å². The maximum absolute atomic E-state index is 13.0. The molecule has 0 amide bonds. The van der Waals surface area contributed by atoms with Crippen LogP contribution in [0.4, 0.5) is 4.39 Å². The lowest BCUT2D eigenvalue weighted by molar-refractivity contribution is 0.241. The minimum atomic E-state index is -0.233. The highest BCUT2D eigenvalue weighted by atomic mass is 19.1. The number of hydrogen-bond acceptors (Lipinski definition) is 2. The predicted molar refractivity (Wildman–Crippen MR) is 74.3 cm³/mol. The fourth-order valence-corrected chi connectivity index (χ4v) is 2.01. The van der Waals surface area contributed by atoms with Gasteiger partial charge in [0.15, 0.2) is 0 Å². The molecule has 0 saturated heterocycles. The van der Waals surface area contributed by atoms with E-state index in [0.717, 1.165) is 12.0 Å². The maximum atomic E-state index is 13.0. The van der Waals surface area contributed by atoms with Gasteiger partial charge in [-0.15, -0.1) is 0 Å². The fourth-order valence-electron chi connectivity index (χ4n) is 2.01. The van der Waals surface area contributed by atoms with Crippen molar-refractivity contribution >= 4 is 0 Å². The highest BCUT2D eigenvalue weighted by Gasteiger charge is 2.07. The SMILES string of the molecule is OC[C@H](Cc1ccccc1)NCc1cccc(F)c1. The molecule has 0 fully saturated rings. The third kappa shape index (κ3) is 4.47. The molecule has 0 spiro atoms. The minimum absolute atomic E-state index is 0.0225. The molecule has 0 bridgehead atoms. The van der Waals surface area contributed by atoms with Crippen LogP contribution in [0.25, 0.3) is 0 Å². The van der Waals surface area contributed by atoms with Crippen LogP contribution in [0.1, 0.15) is 11.1 Å². The van der Waals surface area contributed by atoms with E-state index in [1.807, 2.05) is 36.4 Å². The van der Waals surface area contributed by atoms with E-state index < -0.39 is 0 Å². The van der Waals surface area contributed by atoms with E-state index in [1.54, 1.807) is 6.07 Å². The first-order valence-corrected chi connectivity index (χ1v) is 6.40. The van der Waals surface area contributed by atoms with Crippen molar-refractivity contribution in [2.24, 2.45) is 0 Å². The zero-order valence-electron chi connectivity index (χ0n) is 10.7. The molecule has 100 valence electrons. The third-order valence-electron chi connectivity index (χ3n) is 3.03. The highest BCUT2D eigenvalue weighted by Crippen LogP contribution is 2.06. The highest BCUT2D eigenvalue weighted by molar-refractivity contribution is 5.17. The summed E-state index contributed by atoms with van der Waals surface area (Å²) in [5.74, 6) is -0.233. The van der Waals surface area contributed by atoms with Crippen LogP contribution in [0, 0.1) is 5.82 Å². The number of aliphatic hydroxyl groups excluding tert-OH is 1. The Labute approximate surface area is 112 Å². The first-order chi connectivity index (χ1) is 9.28. The zero-order valence-corrected chi connectivity index (χ0v) is 10.7. The van der Waals surface area contributed by atoms with Crippen molar-refractivity contribution in [2.45, 2.75) is 19.0 Å². The second-order valence-electron chi connectivity index (χ2n) is 4.58. The third-order valence-corrected chi connectivity index (χ3v) is 3.03. The van der Waals surface area contributed by atoms with E-state index in [-0.39, 0.29) is 18.5 Å². The number of rotatable bonds is 6. The first-order valence-electron chi connectivity index (χ1n) is 6.40. The van der Waals surface area contributed by atoms with Crippen molar-refractivity contribution in [1.29, 1.82) is 0 Å². The van der Waals surface area contributed by atoms with Gasteiger partial charge in [0.05, 0.1) is 6.61 Å². The fraction of sp³-hybridized carbons (Fsp3) is 0.250. The monoisotopic (exact) mass is 259 g/mol. The molecule has 3 heteroatoms. The molecule has 0 aromatic heterocycles. The van der Waals surface area contributed by atoms with Gasteiger partial charge in [-0.05, 0) is 29.7 Å². The van der Waals surface area contributed by atoms with Gasteiger partial charge in [-0.3, -0.25) is 0 Å². The Morgan fingerprint density at radius 2 is 1.74 bits per heavy atom. The smallest absolute Gasteiger partial charge is 0.123 e. The van der Waals surface area contributed by atoms with E-state index in [4.69, 9.17) is 0 Å². The average Bonchev–Trinajstić information content (AvgIpc) is 2.44. The lowest BCUT2D eigenvalue weighted by Crippen LogP contribution is -2.34. The second kappa shape index (κ2) is 7.02. The molecular formula is C16H18FNO. The molecule has 0 heterocycles. The molecule has 0 saturated carbocycles. The summed E-state index contributed by atoms with van der Waals surface area (Å²) in [6.45, 7) is 0.611. The van der Waals surface area contributed by atoms with Crippen molar-refractivity contribution in [3.05, 3.63) is 71.5 Å². The molecule has 2 aromatic carbocycles. The van der Waals surface area contributed by atoms with Crippen LogP contribution in [0.2, 0.25) is 0 Å². The summed E-state index contributed by atoms with van der Waals surface area (Å²) in [7, 11) is 0. The average molecular weight is 259 g/mol. The van der Waals surface area contributed by atoms with Crippen molar-refractivity contribution in [3.63, 3.8) is 0 Å². The summed E-state index contributed by atoms with van der Waals surface area (Å²) in [6, 6.07) is 16.5. The van der Waals surface area contributed by atoms with Gasteiger partial charge in [0.1, 0.15) is 5.82 Å². The van der Waals surface area contributed by atoms with Gasteiger partial charge < -0.3 is 10.4 Å². The summed E-state index contributed by atoms with van der Waals surface area (Å²) >= 11 is 0. The van der Waals surface area contributed by atoms with Crippen LogP contribution in [0.3, 0.4) is 0 Å².